The second-order valence-corrected chi connectivity index (χ2v) is 6.50. The first-order valence-corrected chi connectivity index (χ1v) is 9.71. The standard InChI is InChI=1S/C21H28ClN3O3/c1-3-23-21(24-10-9-16-5-4-6-18(22)13-16)25-15-17-7-8-19(28-12-11-26)20(14-17)27-2/h4-8,13-14,26H,3,9-12,15H2,1-2H3,(H2,23,24,25). The van der Waals surface area contributed by atoms with Crippen molar-refractivity contribution in [2.75, 3.05) is 33.4 Å². The molecule has 0 aromatic heterocycles. The van der Waals surface area contributed by atoms with Gasteiger partial charge in [0, 0.05) is 18.1 Å². The fourth-order valence-electron chi connectivity index (χ4n) is 2.61. The van der Waals surface area contributed by atoms with Crippen LogP contribution in [-0.2, 0) is 13.0 Å². The third kappa shape index (κ3) is 7.29. The number of methoxy groups -OCH3 is 1. The summed E-state index contributed by atoms with van der Waals surface area (Å²) in [6.07, 6.45) is 0.857. The van der Waals surface area contributed by atoms with Gasteiger partial charge in [-0.25, -0.2) is 4.99 Å². The van der Waals surface area contributed by atoms with E-state index in [-0.39, 0.29) is 13.2 Å². The summed E-state index contributed by atoms with van der Waals surface area (Å²) in [5.74, 6) is 1.99. The Morgan fingerprint density at radius 1 is 1.11 bits per heavy atom. The van der Waals surface area contributed by atoms with Crippen LogP contribution in [0.15, 0.2) is 47.5 Å². The Kier molecular flexibility index (Phi) is 9.45. The second kappa shape index (κ2) is 12.1. The molecule has 0 aliphatic heterocycles. The van der Waals surface area contributed by atoms with E-state index in [1.54, 1.807) is 7.11 Å². The fourth-order valence-corrected chi connectivity index (χ4v) is 2.83. The van der Waals surface area contributed by atoms with Crippen molar-refractivity contribution in [1.82, 2.24) is 10.6 Å². The molecule has 0 radical (unpaired) electrons. The van der Waals surface area contributed by atoms with Crippen molar-refractivity contribution >= 4 is 17.6 Å². The molecule has 0 aliphatic rings. The van der Waals surface area contributed by atoms with Crippen LogP contribution in [0.1, 0.15) is 18.1 Å². The van der Waals surface area contributed by atoms with Crippen LogP contribution in [0.5, 0.6) is 11.5 Å². The maximum atomic E-state index is 8.89. The van der Waals surface area contributed by atoms with Crippen LogP contribution >= 0.6 is 11.6 Å². The summed E-state index contributed by atoms with van der Waals surface area (Å²) in [5, 5.41) is 16.2. The Hall–Kier alpha value is -2.44. The van der Waals surface area contributed by atoms with Crippen molar-refractivity contribution < 1.29 is 14.6 Å². The number of benzene rings is 2. The number of aliphatic hydroxyl groups is 1. The van der Waals surface area contributed by atoms with Gasteiger partial charge in [0.15, 0.2) is 17.5 Å². The predicted octanol–water partition coefficient (Wildman–Crippen LogP) is 3.02. The van der Waals surface area contributed by atoms with Crippen molar-refractivity contribution in [3.05, 3.63) is 58.6 Å². The van der Waals surface area contributed by atoms with E-state index in [0.29, 0.717) is 18.0 Å². The molecule has 0 aliphatic carbocycles. The summed E-state index contributed by atoms with van der Waals surface area (Å²) >= 11 is 6.03. The predicted molar refractivity (Wildman–Crippen MR) is 114 cm³/mol. The lowest BCUT2D eigenvalue weighted by atomic mass is 10.1. The summed E-state index contributed by atoms with van der Waals surface area (Å²) in [7, 11) is 1.59. The Bertz CT molecular complexity index is 768. The van der Waals surface area contributed by atoms with Gasteiger partial charge < -0.3 is 25.2 Å². The number of nitrogens with zero attached hydrogens (tertiary/aromatic N) is 1. The van der Waals surface area contributed by atoms with Gasteiger partial charge in [-0.15, -0.1) is 0 Å². The smallest absolute Gasteiger partial charge is 0.191 e. The van der Waals surface area contributed by atoms with Crippen LogP contribution in [0.3, 0.4) is 0 Å². The Balaban J connectivity index is 1.95. The number of aliphatic imine (C=N–C) groups is 1. The van der Waals surface area contributed by atoms with Crippen molar-refractivity contribution in [2.24, 2.45) is 4.99 Å². The van der Waals surface area contributed by atoms with Crippen LogP contribution in [0.4, 0.5) is 0 Å². The third-order valence-corrected chi connectivity index (χ3v) is 4.17. The lowest BCUT2D eigenvalue weighted by Crippen LogP contribution is -2.38. The first kappa shape index (κ1) is 21.9. The molecule has 28 heavy (non-hydrogen) atoms. The number of guanidine groups is 1. The lowest BCUT2D eigenvalue weighted by molar-refractivity contribution is 0.196. The number of ether oxygens (including phenoxy) is 2. The largest absolute Gasteiger partial charge is 0.493 e. The van der Waals surface area contributed by atoms with Gasteiger partial charge in [0.1, 0.15) is 6.61 Å². The maximum Gasteiger partial charge on any atom is 0.191 e. The van der Waals surface area contributed by atoms with Crippen molar-refractivity contribution in [3.63, 3.8) is 0 Å². The fraction of sp³-hybridized carbons (Fsp3) is 0.381. The lowest BCUT2D eigenvalue weighted by Gasteiger charge is -2.13. The summed E-state index contributed by atoms with van der Waals surface area (Å²) in [6.45, 7) is 4.26. The van der Waals surface area contributed by atoms with E-state index < -0.39 is 0 Å². The SMILES string of the molecule is CCNC(=NCc1ccc(OCCO)c(OC)c1)NCCc1cccc(Cl)c1. The highest BCUT2D eigenvalue weighted by molar-refractivity contribution is 6.30. The van der Waals surface area contributed by atoms with Gasteiger partial charge >= 0.3 is 0 Å². The minimum atomic E-state index is -0.0396. The molecular weight excluding hydrogens is 378 g/mol. The van der Waals surface area contributed by atoms with Gasteiger partial charge in [0.05, 0.1) is 20.3 Å². The summed E-state index contributed by atoms with van der Waals surface area (Å²) in [6, 6.07) is 13.5. The van der Waals surface area contributed by atoms with Gasteiger partial charge in [-0.2, -0.15) is 0 Å². The van der Waals surface area contributed by atoms with E-state index >= 15 is 0 Å². The number of halogens is 1. The molecule has 3 N–H and O–H groups in total. The molecule has 7 heteroatoms. The molecule has 0 bridgehead atoms. The molecule has 0 amide bonds. The molecule has 0 unspecified atom stereocenters. The highest BCUT2D eigenvalue weighted by Gasteiger charge is 2.06. The quantitative estimate of drug-likeness (QED) is 0.418. The molecule has 0 fully saturated rings. The first-order chi connectivity index (χ1) is 13.7. The van der Waals surface area contributed by atoms with Crippen LogP contribution in [0, 0.1) is 0 Å². The van der Waals surface area contributed by atoms with Crippen LogP contribution in [0.2, 0.25) is 5.02 Å². The van der Waals surface area contributed by atoms with Gasteiger partial charge in [-0.3, -0.25) is 0 Å². The van der Waals surface area contributed by atoms with Crippen molar-refractivity contribution in [1.29, 1.82) is 0 Å². The molecule has 6 nitrogen and oxygen atoms in total. The molecule has 152 valence electrons. The van der Waals surface area contributed by atoms with Crippen LogP contribution in [0.25, 0.3) is 0 Å². The molecule has 0 heterocycles. The molecule has 0 atom stereocenters. The topological polar surface area (TPSA) is 75.1 Å². The Morgan fingerprint density at radius 2 is 1.96 bits per heavy atom. The normalized spacial score (nSPS) is 11.2. The summed E-state index contributed by atoms with van der Waals surface area (Å²) < 4.78 is 10.8. The number of hydrogen-bond acceptors (Lipinski definition) is 4. The summed E-state index contributed by atoms with van der Waals surface area (Å²) in [4.78, 5) is 4.63. The molecule has 0 spiro atoms. The highest BCUT2D eigenvalue weighted by Crippen LogP contribution is 2.28. The average Bonchev–Trinajstić information content (AvgIpc) is 2.70. The molecular formula is C21H28ClN3O3. The van der Waals surface area contributed by atoms with Crippen LogP contribution < -0.4 is 20.1 Å². The van der Waals surface area contributed by atoms with E-state index in [1.165, 1.54) is 5.56 Å². The third-order valence-electron chi connectivity index (χ3n) is 3.94. The van der Waals surface area contributed by atoms with E-state index in [1.807, 2.05) is 43.3 Å². The van der Waals surface area contributed by atoms with E-state index in [4.69, 9.17) is 26.2 Å². The van der Waals surface area contributed by atoms with E-state index in [0.717, 1.165) is 36.1 Å². The first-order valence-electron chi connectivity index (χ1n) is 9.33. The van der Waals surface area contributed by atoms with Gasteiger partial charge in [0.25, 0.3) is 0 Å². The van der Waals surface area contributed by atoms with E-state index in [9.17, 15) is 0 Å². The average molecular weight is 406 g/mol. The van der Waals surface area contributed by atoms with Gasteiger partial charge in [0.2, 0.25) is 0 Å². The van der Waals surface area contributed by atoms with Gasteiger partial charge in [-0.05, 0) is 48.7 Å². The second-order valence-electron chi connectivity index (χ2n) is 6.06. The highest BCUT2D eigenvalue weighted by atomic mass is 35.5. The zero-order valence-electron chi connectivity index (χ0n) is 16.4. The molecule has 0 saturated heterocycles. The van der Waals surface area contributed by atoms with E-state index in [2.05, 4.69) is 21.7 Å². The zero-order chi connectivity index (χ0) is 20.2. The Morgan fingerprint density at radius 3 is 2.68 bits per heavy atom. The van der Waals surface area contributed by atoms with Crippen LogP contribution in [-0.4, -0.2) is 44.5 Å². The number of aliphatic hydroxyl groups excluding tert-OH is 1. The minimum absolute atomic E-state index is 0.0396. The van der Waals surface area contributed by atoms with Crippen molar-refractivity contribution in [3.8, 4) is 11.5 Å². The van der Waals surface area contributed by atoms with Gasteiger partial charge in [-0.1, -0.05) is 29.8 Å². The number of rotatable bonds is 10. The molecule has 0 saturated carbocycles. The molecule has 2 aromatic carbocycles. The number of nitrogens with one attached hydrogen (secondary N) is 2. The zero-order valence-corrected chi connectivity index (χ0v) is 17.1. The Labute approximate surface area is 171 Å². The molecule has 2 aromatic rings. The number of hydrogen-bond donors (Lipinski definition) is 3. The minimum Gasteiger partial charge on any atom is -0.493 e. The van der Waals surface area contributed by atoms with Crippen molar-refractivity contribution in [2.45, 2.75) is 19.9 Å². The molecule has 2 rings (SSSR count). The maximum absolute atomic E-state index is 8.89. The summed E-state index contributed by atoms with van der Waals surface area (Å²) in [5.41, 5.74) is 2.18. The monoisotopic (exact) mass is 405 g/mol.